The van der Waals surface area contributed by atoms with Crippen molar-refractivity contribution in [2.45, 2.75) is 108 Å². The van der Waals surface area contributed by atoms with Crippen molar-refractivity contribution in [3.63, 3.8) is 0 Å². The van der Waals surface area contributed by atoms with Gasteiger partial charge in [0.15, 0.2) is 6.23 Å². The molecule has 206 valence electrons. The van der Waals surface area contributed by atoms with E-state index in [1.54, 1.807) is 0 Å². The number of nitrogens with one attached hydrogen (secondary N) is 4. The first kappa shape index (κ1) is 26.9. The van der Waals surface area contributed by atoms with Crippen LogP contribution >= 0.6 is 0 Å². The van der Waals surface area contributed by atoms with E-state index in [9.17, 15) is 18.7 Å². The van der Waals surface area contributed by atoms with Gasteiger partial charge in [0, 0.05) is 6.61 Å². The summed E-state index contributed by atoms with van der Waals surface area (Å²) in [6, 6.07) is 5.57. The van der Waals surface area contributed by atoms with E-state index in [2.05, 4.69) is 21.4 Å². The monoisotopic (exact) mass is 520 g/mol. The number of hydrogen-bond acceptors (Lipinski definition) is 6. The zero-order chi connectivity index (χ0) is 25.8. The third kappa shape index (κ3) is 5.71. The molecule has 1 amide bonds. The zero-order valence-electron chi connectivity index (χ0n) is 21.6. The number of alkyl halides is 2. The van der Waals surface area contributed by atoms with Gasteiger partial charge in [-0.25, -0.2) is 8.78 Å². The quantitative estimate of drug-likeness (QED) is 0.403. The molecule has 1 aromatic carbocycles. The van der Waals surface area contributed by atoms with E-state index in [1.807, 2.05) is 18.2 Å². The van der Waals surface area contributed by atoms with Crippen molar-refractivity contribution in [2.75, 3.05) is 13.2 Å². The Balaban J connectivity index is 1.30. The van der Waals surface area contributed by atoms with Crippen LogP contribution in [0.25, 0.3) is 0 Å². The summed E-state index contributed by atoms with van der Waals surface area (Å²) >= 11 is 0. The third-order valence-corrected chi connectivity index (χ3v) is 9.26. The lowest BCUT2D eigenvalue weighted by atomic mass is 9.60. The van der Waals surface area contributed by atoms with E-state index < -0.39 is 18.8 Å². The summed E-state index contributed by atoms with van der Waals surface area (Å²) < 4.78 is 25.9. The molecule has 9 heteroatoms. The highest BCUT2D eigenvalue weighted by Crippen LogP contribution is 2.47. The molecule has 0 radical (unpaired) electrons. The third-order valence-electron chi connectivity index (χ3n) is 9.26. The molecule has 0 bridgehead atoms. The van der Waals surface area contributed by atoms with Gasteiger partial charge in [0.1, 0.15) is 6.17 Å². The van der Waals surface area contributed by atoms with Crippen LogP contribution in [0.15, 0.2) is 18.2 Å². The number of hydrogen-bond donors (Lipinski definition) is 5. The Kier molecular flexibility index (Phi) is 8.76. The first-order chi connectivity index (χ1) is 18.0. The second-order valence-corrected chi connectivity index (χ2v) is 11.4. The van der Waals surface area contributed by atoms with Crippen molar-refractivity contribution in [2.24, 2.45) is 11.3 Å². The number of aliphatic hydroxyl groups is 1. The molecule has 2 heterocycles. The minimum Gasteiger partial charge on any atom is -0.396 e. The van der Waals surface area contributed by atoms with Crippen molar-refractivity contribution in [1.82, 2.24) is 21.4 Å². The van der Waals surface area contributed by atoms with Gasteiger partial charge in [-0.2, -0.15) is 5.48 Å². The largest absolute Gasteiger partial charge is 0.396 e. The molecular weight excluding hydrogens is 478 g/mol. The number of amides is 1. The summed E-state index contributed by atoms with van der Waals surface area (Å²) in [5.41, 5.74) is 5.51. The van der Waals surface area contributed by atoms with Crippen LogP contribution in [0.2, 0.25) is 0 Å². The van der Waals surface area contributed by atoms with Crippen molar-refractivity contribution in [3.05, 3.63) is 34.9 Å². The Hall–Kier alpha value is -1.65. The number of aliphatic hydroxyl groups excluding tert-OH is 1. The van der Waals surface area contributed by atoms with Gasteiger partial charge >= 0.3 is 0 Å². The standard InChI is InChI=1S/C28H42F2N4O3/c29-24(30)27-33-25(34-37-27)19-8-10-21-18(16-19)9-11-22(21)32-26(36)23-28(20(17-35)12-15-31-23)13-6-4-2-1-3-5-7-14-28/h8,10,16,20,22-25,27,31,33-35H,1-7,9,11-15,17H2,(H,32,36)/t20?,22-,23?,25?,27?/m1/s1. The minimum atomic E-state index is -2.61. The first-order valence-electron chi connectivity index (χ1n) is 14.2. The summed E-state index contributed by atoms with van der Waals surface area (Å²) in [7, 11) is 0. The number of carbonyl (C=O) groups excluding carboxylic acids is 1. The average molecular weight is 521 g/mol. The van der Waals surface area contributed by atoms with E-state index in [0.717, 1.165) is 68.2 Å². The van der Waals surface area contributed by atoms with Crippen LogP contribution in [0.4, 0.5) is 8.78 Å². The molecule has 0 aromatic heterocycles. The topological polar surface area (TPSA) is 94.7 Å². The lowest BCUT2D eigenvalue weighted by Crippen LogP contribution is -2.62. The molecule has 2 aliphatic heterocycles. The smallest absolute Gasteiger partial charge is 0.279 e. The number of benzene rings is 1. The summed E-state index contributed by atoms with van der Waals surface area (Å²) in [5.74, 6) is 0.192. The Labute approximate surface area is 218 Å². The van der Waals surface area contributed by atoms with E-state index in [-0.39, 0.29) is 35.9 Å². The molecule has 37 heavy (non-hydrogen) atoms. The highest BCUT2D eigenvalue weighted by Gasteiger charge is 2.50. The van der Waals surface area contributed by atoms with Gasteiger partial charge in [0.2, 0.25) is 5.91 Å². The molecule has 5 atom stereocenters. The van der Waals surface area contributed by atoms with Gasteiger partial charge in [0.25, 0.3) is 6.43 Å². The minimum absolute atomic E-state index is 0.0458. The normalized spacial score (nSPS) is 32.4. The molecule has 2 saturated heterocycles. The van der Waals surface area contributed by atoms with Gasteiger partial charge < -0.3 is 15.7 Å². The van der Waals surface area contributed by atoms with Crippen LogP contribution in [-0.4, -0.2) is 42.9 Å². The molecule has 1 saturated carbocycles. The summed E-state index contributed by atoms with van der Waals surface area (Å²) in [4.78, 5) is 18.8. The number of hydroxylamine groups is 1. The summed E-state index contributed by atoms with van der Waals surface area (Å²) in [5, 5.41) is 20.0. The summed E-state index contributed by atoms with van der Waals surface area (Å²) in [6.45, 7) is 0.888. The molecule has 2 aliphatic carbocycles. The number of aryl methyl sites for hydroxylation is 1. The number of rotatable bonds is 5. The predicted octanol–water partition coefficient (Wildman–Crippen LogP) is 3.99. The Morgan fingerprint density at radius 3 is 2.51 bits per heavy atom. The van der Waals surface area contributed by atoms with Crippen molar-refractivity contribution in [3.8, 4) is 0 Å². The first-order valence-corrected chi connectivity index (χ1v) is 14.2. The van der Waals surface area contributed by atoms with Gasteiger partial charge in [-0.3, -0.25) is 14.9 Å². The maximum Gasteiger partial charge on any atom is 0.279 e. The number of carbonyl (C=O) groups is 1. The van der Waals surface area contributed by atoms with Crippen LogP contribution < -0.4 is 21.4 Å². The number of piperidine rings is 1. The van der Waals surface area contributed by atoms with Crippen LogP contribution in [0.5, 0.6) is 0 Å². The Morgan fingerprint density at radius 2 is 1.84 bits per heavy atom. The van der Waals surface area contributed by atoms with Gasteiger partial charge in [0.05, 0.1) is 12.1 Å². The lowest BCUT2D eigenvalue weighted by molar-refractivity contribution is -0.132. The van der Waals surface area contributed by atoms with Crippen molar-refractivity contribution >= 4 is 5.91 Å². The Morgan fingerprint density at radius 1 is 1.11 bits per heavy atom. The lowest BCUT2D eigenvalue weighted by Gasteiger charge is -2.50. The van der Waals surface area contributed by atoms with Gasteiger partial charge in [-0.05, 0) is 66.7 Å². The maximum absolute atomic E-state index is 13.9. The van der Waals surface area contributed by atoms with E-state index >= 15 is 0 Å². The van der Waals surface area contributed by atoms with Crippen LogP contribution in [-0.2, 0) is 16.1 Å². The second kappa shape index (κ2) is 12.0. The van der Waals surface area contributed by atoms with Crippen LogP contribution in [0.1, 0.15) is 99.5 Å². The summed E-state index contributed by atoms with van der Waals surface area (Å²) in [6.07, 6.45) is 8.50. The molecule has 4 aliphatic rings. The fourth-order valence-corrected chi connectivity index (χ4v) is 7.25. The van der Waals surface area contributed by atoms with Crippen molar-refractivity contribution < 1.29 is 23.5 Å². The maximum atomic E-state index is 13.9. The fraction of sp³-hybridized carbons (Fsp3) is 0.750. The molecule has 1 spiro atoms. The predicted molar refractivity (Wildman–Crippen MR) is 137 cm³/mol. The number of halogens is 2. The molecule has 4 unspecified atom stereocenters. The van der Waals surface area contributed by atoms with E-state index in [1.165, 1.54) is 32.1 Å². The fourth-order valence-electron chi connectivity index (χ4n) is 7.25. The average Bonchev–Trinajstić information content (AvgIpc) is 3.56. The van der Waals surface area contributed by atoms with Crippen LogP contribution in [0, 0.1) is 11.3 Å². The highest BCUT2D eigenvalue weighted by atomic mass is 19.3. The molecule has 5 N–H and O–H groups in total. The second-order valence-electron chi connectivity index (χ2n) is 11.4. The SMILES string of the molecule is O=C(N[C@@H]1CCc2cc(C3NOC(C(F)F)N3)ccc21)C1NCCC(CO)C12CCCCCCCCC2. The van der Waals surface area contributed by atoms with Gasteiger partial charge in [-0.1, -0.05) is 63.1 Å². The number of fused-ring (bicyclic) bond motifs is 1. The Bertz CT molecular complexity index is 923. The van der Waals surface area contributed by atoms with Crippen LogP contribution in [0.3, 0.4) is 0 Å². The molecule has 5 rings (SSSR count). The molecular formula is C28H42F2N4O3. The van der Waals surface area contributed by atoms with E-state index in [4.69, 9.17) is 4.84 Å². The van der Waals surface area contributed by atoms with Gasteiger partial charge in [-0.15, -0.1) is 0 Å². The zero-order valence-corrected chi connectivity index (χ0v) is 21.6. The molecule has 3 fully saturated rings. The molecule has 1 aromatic rings. The van der Waals surface area contributed by atoms with E-state index in [0.29, 0.717) is 0 Å². The van der Waals surface area contributed by atoms with Crippen molar-refractivity contribution in [1.29, 1.82) is 0 Å². The molecule has 7 nitrogen and oxygen atoms in total. The highest BCUT2D eigenvalue weighted by molar-refractivity contribution is 5.83.